The summed E-state index contributed by atoms with van der Waals surface area (Å²) >= 11 is 11.7. The van der Waals surface area contributed by atoms with Crippen molar-refractivity contribution in [3.8, 4) is 0 Å². The highest BCUT2D eigenvalue weighted by molar-refractivity contribution is 6.36. The highest BCUT2D eigenvalue weighted by Gasteiger charge is 2.11. The third-order valence-corrected chi connectivity index (χ3v) is 3.31. The fourth-order valence-corrected chi connectivity index (χ4v) is 2.15. The number of anilines is 1. The van der Waals surface area contributed by atoms with E-state index in [-0.39, 0.29) is 12.3 Å². The molecule has 0 spiro atoms. The minimum atomic E-state index is -0.448. The molecule has 7 heteroatoms. The van der Waals surface area contributed by atoms with Crippen molar-refractivity contribution in [1.29, 1.82) is 0 Å². The van der Waals surface area contributed by atoms with E-state index in [4.69, 9.17) is 23.2 Å². The van der Waals surface area contributed by atoms with E-state index in [2.05, 4.69) is 15.6 Å². The minimum Gasteiger partial charge on any atom is -0.352 e. The van der Waals surface area contributed by atoms with Crippen LogP contribution in [0.1, 0.15) is 12.0 Å². The van der Waals surface area contributed by atoms with Gasteiger partial charge in [0.1, 0.15) is 6.42 Å². The number of carbonyl (C=O) groups excluding carboxylic acids is 2. The molecule has 2 N–H and O–H groups in total. The topological polar surface area (TPSA) is 71.1 Å². The van der Waals surface area contributed by atoms with Crippen molar-refractivity contribution in [2.24, 2.45) is 0 Å². The largest absolute Gasteiger partial charge is 0.352 e. The Morgan fingerprint density at radius 2 is 1.77 bits per heavy atom. The molecule has 0 radical (unpaired) electrons. The lowest BCUT2D eigenvalue weighted by molar-refractivity contribution is -0.126. The third kappa shape index (κ3) is 5.02. The molecule has 2 amide bonds. The Morgan fingerprint density at radius 3 is 2.45 bits per heavy atom. The lowest BCUT2D eigenvalue weighted by Crippen LogP contribution is -2.27. The van der Waals surface area contributed by atoms with Crippen LogP contribution in [0, 0.1) is 0 Å². The highest BCUT2D eigenvalue weighted by atomic mass is 35.5. The minimum absolute atomic E-state index is 0.288. The van der Waals surface area contributed by atoms with Gasteiger partial charge in [0.15, 0.2) is 0 Å². The van der Waals surface area contributed by atoms with Crippen LogP contribution in [-0.4, -0.2) is 16.8 Å². The molecule has 0 aliphatic heterocycles. The van der Waals surface area contributed by atoms with E-state index in [0.717, 1.165) is 5.56 Å². The second-order valence-electron chi connectivity index (χ2n) is 4.48. The Kier molecular flexibility index (Phi) is 5.75. The highest BCUT2D eigenvalue weighted by Crippen LogP contribution is 2.25. The van der Waals surface area contributed by atoms with Gasteiger partial charge < -0.3 is 10.6 Å². The number of amides is 2. The van der Waals surface area contributed by atoms with Gasteiger partial charge in [-0.3, -0.25) is 14.6 Å². The van der Waals surface area contributed by atoms with Gasteiger partial charge in [0.2, 0.25) is 11.8 Å². The second kappa shape index (κ2) is 7.77. The molecule has 5 nitrogen and oxygen atoms in total. The van der Waals surface area contributed by atoms with E-state index in [1.807, 2.05) is 0 Å². The van der Waals surface area contributed by atoms with Crippen LogP contribution in [0.2, 0.25) is 10.0 Å². The summed E-state index contributed by atoms with van der Waals surface area (Å²) in [6.07, 6.45) is 2.98. The predicted octanol–water partition coefficient (Wildman–Crippen LogP) is 3.03. The molecule has 0 saturated carbocycles. The quantitative estimate of drug-likeness (QED) is 0.823. The number of nitrogens with one attached hydrogen (secondary N) is 2. The van der Waals surface area contributed by atoms with E-state index in [1.54, 1.807) is 36.7 Å². The summed E-state index contributed by atoms with van der Waals surface area (Å²) in [7, 11) is 0. The summed E-state index contributed by atoms with van der Waals surface area (Å²) in [5, 5.41) is 6.01. The third-order valence-electron chi connectivity index (χ3n) is 2.77. The number of nitrogens with zero attached hydrogens (tertiary/aromatic N) is 1. The van der Waals surface area contributed by atoms with Gasteiger partial charge in [-0.25, -0.2) is 0 Å². The van der Waals surface area contributed by atoms with Gasteiger partial charge in [0.25, 0.3) is 0 Å². The summed E-state index contributed by atoms with van der Waals surface area (Å²) in [5.41, 5.74) is 1.32. The molecule has 0 aliphatic rings. The van der Waals surface area contributed by atoms with Crippen LogP contribution in [0.5, 0.6) is 0 Å². The lowest BCUT2D eigenvalue weighted by Gasteiger charge is -2.08. The van der Waals surface area contributed by atoms with Gasteiger partial charge >= 0.3 is 0 Å². The zero-order chi connectivity index (χ0) is 15.9. The molecule has 2 aromatic rings. The molecule has 0 bridgehead atoms. The number of aromatic nitrogens is 1. The van der Waals surface area contributed by atoms with Crippen molar-refractivity contribution in [2.75, 3.05) is 5.32 Å². The van der Waals surface area contributed by atoms with Crippen molar-refractivity contribution >= 4 is 40.7 Å². The molecule has 1 aromatic carbocycles. The molecule has 0 unspecified atom stereocenters. The van der Waals surface area contributed by atoms with E-state index in [0.29, 0.717) is 22.3 Å². The number of hydrogen-bond acceptors (Lipinski definition) is 3. The van der Waals surface area contributed by atoms with Crippen molar-refractivity contribution in [2.45, 2.75) is 13.0 Å². The van der Waals surface area contributed by atoms with Crippen LogP contribution in [0.25, 0.3) is 0 Å². The first-order valence-electron chi connectivity index (χ1n) is 6.45. The molecule has 114 valence electrons. The average Bonchev–Trinajstić information content (AvgIpc) is 2.49. The first-order valence-corrected chi connectivity index (χ1v) is 7.20. The van der Waals surface area contributed by atoms with Gasteiger partial charge in [-0.05, 0) is 35.9 Å². The summed E-state index contributed by atoms with van der Waals surface area (Å²) in [6, 6.07) is 8.27. The van der Waals surface area contributed by atoms with Crippen LogP contribution in [0.4, 0.5) is 5.69 Å². The maximum absolute atomic E-state index is 11.8. The molecular weight excluding hydrogens is 325 g/mol. The Balaban J connectivity index is 1.82. The Hall–Kier alpha value is -2.11. The van der Waals surface area contributed by atoms with E-state index in [9.17, 15) is 9.59 Å². The maximum atomic E-state index is 11.8. The maximum Gasteiger partial charge on any atom is 0.233 e. The van der Waals surface area contributed by atoms with Crippen LogP contribution >= 0.6 is 23.2 Å². The Labute approximate surface area is 137 Å². The van der Waals surface area contributed by atoms with Crippen molar-refractivity contribution < 1.29 is 9.59 Å². The Morgan fingerprint density at radius 1 is 1.05 bits per heavy atom. The van der Waals surface area contributed by atoms with E-state index < -0.39 is 5.91 Å². The first kappa shape index (κ1) is 16.3. The number of halogens is 2. The molecule has 0 fully saturated rings. The Bertz CT molecular complexity index is 678. The number of rotatable bonds is 5. The molecule has 1 heterocycles. The summed E-state index contributed by atoms with van der Waals surface area (Å²) in [5.74, 6) is -0.823. The molecule has 0 aliphatic carbocycles. The normalized spacial score (nSPS) is 10.1. The van der Waals surface area contributed by atoms with Crippen LogP contribution < -0.4 is 10.6 Å². The van der Waals surface area contributed by atoms with Crippen LogP contribution in [0.3, 0.4) is 0 Å². The predicted molar refractivity (Wildman–Crippen MR) is 85.8 cm³/mol. The van der Waals surface area contributed by atoms with Crippen molar-refractivity contribution in [1.82, 2.24) is 10.3 Å². The molecule has 0 saturated heterocycles. The summed E-state index contributed by atoms with van der Waals surface area (Å²) < 4.78 is 0. The molecule has 1 aromatic heterocycles. The van der Waals surface area contributed by atoms with Gasteiger partial charge in [-0.2, -0.15) is 0 Å². The number of benzene rings is 1. The molecular formula is C15H13Cl2N3O2. The molecule has 2 rings (SSSR count). The standard InChI is InChI=1S/C15H13Cl2N3O2/c16-11-1-2-13(12(17)7-11)20-15(22)8-14(21)19-9-10-3-5-18-6-4-10/h1-7H,8-9H2,(H,19,21)(H,20,22). The fourth-order valence-electron chi connectivity index (χ4n) is 1.69. The smallest absolute Gasteiger partial charge is 0.233 e. The van der Waals surface area contributed by atoms with Gasteiger partial charge in [0.05, 0.1) is 10.7 Å². The van der Waals surface area contributed by atoms with Crippen molar-refractivity contribution in [3.63, 3.8) is 0 Å². The van der Waals surface area contributed by atoms with Gasteiger partial charge in [-0.1, -0.05) is 23.2 Å². The van der Waals surface area contributed by atoms with E-state index in [1.165, 1.54) is 6.07 Å². The van der Waals surface area contributed by atoms with Crippen molar-refractivity contribution in [3.05, 3.63) is 58.3 Å². The van der Waals surface area contributed by atoms with Crippen LogP contribution in [-0.2, 0) is 16.1 Å². The summed E-state index contributed by atoms with van der Waals surface area (Å²) in [4.78, 5) is 27.4. The molecule has 22 heavy (non-hydrogen) atoms. The number of hydrogen-bond donors (Lipinski definition) is 2. The SMILES string of the molecule is O=C(CC(=O)Nc1ccc(Cl)cc1Cl)NCc1ccncc1. The first-order chi connectivity index (χ1) is 10.5. The summed E-state index contributed by atoms with van der Waals surface area (Å²) in [6.45, 7) is 0.344. The lowest BCUT2D eigenvalue weighted by atomic mass is 10.2. The van der Waals surface area contributed by atoms with Gasteiger partial charge in [-0.15, -0.1) is 0 Å². The number of carbonyl (C=O) groups is 2. The second-order valence-corrected chi connectivity index (χ2v) is 5.32. The molecule has 0 atom stereocenters. The number of pyridine rings is 1. The van der Waals surface area contributed by atoms with Crippen LogP contribution in [0.15, 0.2) is 42.7 Å². The average molecular weight is 338 g/mol. The van der Waals surface area contributed by atoms with Gasteiger partial charge in [0, 0.05) is 24.0 Å². The monoisotopic (exact) mass is 337 g/mol. The zero-order valence-electron chi connectivity index (χ0n) is 11.5. The fraction of sp³-hybridized carbons (Fsp3) is 0.133. The zero-order valence-corrected chi connectivity index (χ0v) is 13.0. The van der Waals surface area contributed by atoms with E-state index >= 15 is 0 Å².